The van der Waals surface area contributed by atoms with Crippen molar-refractivity contribution in [1.29, 1.82) is 10.5 Å². The zero-order valence-electron chi connectivity index (χ0n) is 12.8. The molecule has 0 aliphatic heterocycles. The second kappa shape index (κ2) is 5.43. The molecule has 2 aromatic carbocycles. The molecule has 1 saturated carbocycles. The number of sulfone groups is 1. The predicted octanol–water partition coefficient (Wildman–Crippen LogP) is 3.11. The zero-order valence-corrected chi connectivity index (χ0v) is 13.6. The quantitative estimate of drug-likeness (QED) is 0.859. The molecule has 2 atom stereocenters. The molecule has 1 aliphatic carbocycles. The Labute approximate surface area is 139 Å². The van der Waals surface area contributed by atoms with E-state index in [0.29, 0.717) is 5.56 Å². The van der Waals surface area contributed by atoms with Crippen LogP contribution < -0.4 is 0 Å². The molecule has 0 aromatic heterocycles. The Hall–Kier alpha value is -2.70. The molecular weight excluding hydrogens is 327 g/mol. The van der Waals surface area contributed by atoms with Gasteiger partial charge in [-0.1, -0.05) is 29.8 Å². The highest BCUT2D eigenvalue weighted by atomic mass is 32.2. The summed E-state index contributed by atoms with van der Waals surface area (Å²) in [5.41, 5.74) is -0.270. The van der Waals surface area contributed by atoms with Gasteiger partial charge >= 0.3 is 0 Å². The topological polar surface area (TPSA) is 81.7 Å². The minimum absolute atomic E-state index is 0.0811. The van der Waals surface area contributed by atoms with Crippen molar-refractivity contribution in [2.45, 2.75) is 23.0 Å². The molecule has 0 radical (unpaired) electrons. The normalized spacial score (nSPS) is 21.5. The van der Waals surface area contributed by atoms with E-state index in [-0.39, 0.29) is 4.90 Å². The summed E-state index contributed by atoms with van der Waals surface area (Å²) in [6.07, 6.45) is 0. The number of halogens is 1. The molecule has 0 saturated heterocycles. The number of nitrogens with zero attached hydrogens (tertiary/aromatic N) is 2. The molecule has 0 bridgehead atoms. The first-order valence-corrected chi connectivity index (χ1v) is 8.80. The molecule has 24 heavy (non-hydrogen) atoms. The first-order chi connectivity index (χ1) is 11.4. The molecule has 0 amide bonds. The van der Waals surface area contributed by atoms with Crippen LogP contribution in [0, 0.1) is 40.8 Å². The van der Waals surface area contributed by atoms with Crippen molar-refractivity contribution < 1.29 is 12.8 Å². The van der Waals surface area contributed by atoms with E-state index in [1.807, 2.05) is 19.1 Å². The maximum Gasteiger partial charge on any atom is 0.184 e. The van der Waals surface area contributed by atoms with Crippen LogP contribution in [0.15, 0.2) is 53.4 Å². The molecule has 0 N–H and O–H groups in total. The van der Waals surface area contributed by atoms with Gasteiger partial charge in [-0.25, -0.2) is 12.8 Å². The zero-order chi connectivity index (χ0) is 17.5. The lowest BCUT2D eigenvalue weighted by molar-refractivity contribution is 0.591. The number of nitriles is 2. The van der Waals surface area contributed by atoms with Crippen molar-refractivity contribution in [3.05, 3.63) is 65.5 Å². The summed E-state index contributed by atoms with van der Waals surface area (Å²) in [7, 11) is -3.86. The summed E-state index contributed by atoms with van der Waals surface area (Å²) < 4.78 is 38.9. The minimum atomic E-state index is -3.86. The summed E-state index contributed by atoms with van der Waals surface area (Å²) in [6.45, 7) is 1.84. The number of hydrogen-bond acceptors (Lipinski definition) is 4. The van der Waals surface area contributed by atoms with E-state index in [1.165, 1.54) is 36.4 Å². The molecule has 2 aromatic rings. The average Bonchev–Trinajstić information content (AvgIpc) is 3.26. The van der Waals surface area contributed by atoms with Gasteiger partial charge in [-0.15, -0.1) is 0 Å². The van der Waals surface area contributed by atoms with Crippen molar-refractivity contribution in [1.82, 2.24) is 0 Å². The van der Waals surface area contributed by atoms with Crippen molar-refractivity contribution in [2.24, 2.45) is 5.41 Å². The van der Waals surface area contributed by atoms with Gasteiger partial charge in [0.2, 0.25) is 0 Å². The minimum Gasteiger partial charge on any atom is -0.223 e. The lowest BCUT2D eigenvalue weighted by Gasteiger charge is -2.04. The molecule has 4 nitrogen and oxygen atoms in total. The van der Waals surface area contributed by atoms with E-state index in [0.717, 1.165) is 5.56 Å². The highest BCUT2D eigenvalue weighted by Crippen LogP contribution is 2.63. The Bertz CT molecular complexity index is 954. The van der Waals surface area contributed by atoms with Crippen LogP contribution in [0.4, 0.5) is 4.39 Å². The van der Waals surface area contributed by atoms with E-state index < -0.39 is 32.2 Å². The summed E-state index contributed by atoms with van der Waals surface area (Å²) in [6, 6.07) is 15.3. The molecule has 1 aliphatic rings. The lowest BCUT2D eigenvalue weighted by Crippen LogP contribution is -2.14. The fourth-order valence-electron chi connectivity index (χ4n) is 3.05. The van der Waals surface area contributed by atoms with Crippen LogP contribution in [0.2, 0.25) is 0 Å². The van der Waals surface area contributed by atoms with Gasteiger partial charge in [-0.2, -0.15) is 10.5 Å². The molecular formula is C18H13FN2O2S. The van der Waals surface area contributed by atoms with Crippen LogP contribution in [0.1, 0.15) is 17.0 Å². The lowest BCUT2D eigenvalue weighted by atomic mass is 10.0. The van der Waals surface area contributed by atoms with E-state index in [4.69, 9.17) is 0 Å². The first kappa shape index (κ1) is 16.2. The molecule has 6 heteroatoms. The molecule has 1 fully saturated rings. The van der Waals surface area contributed by atoms with E-state index >= 15 is 0 Å². The Morgan fingerprint density at radius 3 is 2.04 bits per heavy atom. The van der Waals surface area contributed by atoms with Gasteiger partial charge in [0.25, 0.3) is 0 Å². The third kappa shape index (κ3) is 2.28. The highest BCUT2D eigenvalue weighted by Gasteiger charge is 2.73. The summed E-state index contributed by atoms with van der Waals surface area (Å²) in [4.78, 5) is 0.0811. The van der Waals surface area contributed by atoms with Crippen LogP contribution in [-0.4, -0.2) is 13.7 Å². The average molecular weight is 340 g/mol. The fraction of sp³-hybridized carbons (Fsp3) is 0.222. The fourth-order valence-corrected chi connectivity index (χ4v) is 5.26. The Balaban J connectivity index is 2.09. The summed E-state index contributed by atoms with van der Waals surface area (Å²) in [5, 5.41) is 17.8. The smallest absolute Gasteiger partial charge is 0.184 e. The van der Waals surface area contributed by atoms with E-state index in [2.05, 4.69) is 0 Å². The van der Waals surface area contributed by atoms with Gasteiger partial charge in [-0.05, 0) is 36.8 Å². The molecule has 3 rings (SSSR count). The molecule has 120 valence electrons. The van der Waals surface area contributed by atoms with Gasteiger partial charge in [-0.3, -0.25) is 0 Å². The molecule has 0 heterocycles. The van der Waals surface area contributed by atoms with Gasteiger partial charge in [0.05, 0.1) is 17.0 Å². The number of rotatable bonds is 3. The third-order valence-corrected chi connectivity index (χ3v) is 6.66. The van der Waals surface area contributed by atoms with E-state index in [9.17, 15) is 23.3 Å². The number of benzene rings is 2. The number of hydrogen-bond donors (Lipinski definition) is 0. The Kier molecular flexibility index (Phi) is 3.66. The van der Waals surface area contributed by atoms with Gasteiger partial charge < -0.3 is 0 Å². The van der Waals surface area contributed by atoms with Crippen LogP contribution in [-0.2, 0) is 9.84 Å². The standard InChI is InChI=1S/C18H13FN2O2S/c1-12-2-8-15(9-3-12)24(22,23)17-16(18(17,10-20)11-21)13-4-6-14(19)7-5-13/h2-9,16-17H,1H3. The Morgan fingerprint density at radius 1 is 1.00 bits per heavy atom. The summed E-state index contributed by atoms with van der Waals surface area (Å²) >= 11 is 0. The van der Waals surface area contributed by atoms with Crippen LogP contribution in [0.25, 0.3) is 0 Å². The number of aryl methyl sites for hydroxylation is 1. The first-order valence-electron chi connectivity index (χ1n) is 7.25. The maximum atomic E-state index is 13.1. The third-order valence-electron chi connectivity index (χ3n) is 4.42. The summed E-state index contributed by atoms with van der Waals surface area (Å²) in [5.74, 6) is -1.25. The van der Waals surface area contributed by atoms with Crippen molar-refractivity contribution in [3.63, 3.8) is 0 Å². The van der Waals surface area contributed by atoms with E-state index in [1.54, 1.807) is 12.1 Å². The molecule has 2 unspecified atom stereocenters. The Morgan fingerprint density at radius 2 is 1.54 bits per heavy atom. The second-order valence-corrected chi connectivity index (χ2v) is 7.97. The van der Waals surface area contributed by atoms with Crippen LogP contribution >= 0.6 is 0 Å². The highest BCUT2D eigenvalue weighted by molar-refractivity contribution is 7.92. The monoisotopic (exact) mass is 340 g/mol. The maximum absolute atomic E-state index is 13.1. The van der Waals surface area contributed by atoms with Crippen molar-refractivity contribution >= 4 is 9.84 Å². The largest absolute Gasteiger partial charge is 0.223 e. The van der Waals surface area contributed by atoms with Gasteiger partial charge in [0.1, 0.15) is 11.1 Å². The van der Waals surface area contributed by atoms with Crippen LogP contribution in [0.3, 0.4) is 0 Å². The molecule has 0 spiro atoms. The predicted molar refractivity (Wildman–Crippen MR) is 85.0 cm³/mol. The van der Waals surface area contributed by atoms with Gasteiger partial charge in [0.15, 0.2) is 15.3 Å². The SMILES string of the molecule is Cc1ccc(S(=O)(=O)C2C(c3ccc(F)cc3)C2(C#N)C#N)cc1. The second-order valence-electron chi connectivity index (χ2n) is 5.90. The van der Waals surface area contributed by atoms with Gasteiger partial charge in [0, 0.05) is 5.92 Å². The van der Waals surface area contributed by atoms with Crippen LogP contribution in [0.5, 0.6) is 0 Å². The van der Waals surface area contributed by atoms with Crippen molar-refractivity contribution in [3.8, 4) is 12.1 Å². The van der Waals surface area contributed by atoms with Crippen molar-refractivity contribution in [2.75, 3.05) is 0 Å².